The number of anilines is 3. The van der Waals surface area contributed by atoms with Crippen molar-refractivity contribution in [1.29, 1.82) is 0 Å². The molecular weight excluding hydrogens is 474 g/mol. The van der Waals surface area contributed by atoms with E-state index in [4.69, 9.17) is 27.6 Å². The van der Waals surface area contributed by atoms with Crippen LogP contribution in [0.2, 0.25) is 10.0 Å². The Morgan fingerprint density at radius 3 is 2.21 bits per heavy atom. The SMILES string of the molecule is Cc1nc(NC(=O)C2(C(=O)Nc3ccc(F)cc3)CC2)oc1C(=O)Nc1ccc(Cl)c(Cl)c1. The van der Waals surface area contributed by atoms with E-state index in [1.54, 1.807) is 6.07 Å². The lowest BCUT2D eigenvalue weighted by atomic mass is 10.1. The molecule has 1 aliphatic carbocycles. The third-order valence-corrected chi connectivity index (χ3v) is 5.86. The molecule has 4 rings (SSSR count). The number of carbonyl (C=O) groups excluding carboxylic acids is 3. The largest absolute Gasteiger partial charge is 0.418 e. The van der Waals surface area contributed by atoms with E-state index in [9.17, 15) is 18.8 Å². The molecule has 0 saturated heterocycles. The van der Waals surface area contributed by atoms with Gasteiger partial charge in [0.25, 0.3) is 5.91 Å². The van der Waals surface area contributed by atoms with Gasteiger partial charge in [0.15, 0.2) is 0 Å². The molecule has 1 aliphatic rings. The molecule has 0 spiro atoms. The topological polar surface area (TPSA) is 113 Å². The van der Waals surface area contributed by atoms with Crippen LogP contribution >= 0.6 is 23.2 Å². The molecule has 8 nitrogen and oxygen atoms in total. The molecule has 170 valence electrons. The quantitative estimate of drug-likeness (QED) is 0.419. The fraction of sp³-hybridized carbons (Fsp3) is 0.182. The number of aryl methyl sites for hydroxylation is 1. The number of halogens is 3. The van der Waals surface area contributed by atoms with Crippen LogP contribution in [0.15, 0.2) is 46.9 Å². The molecule has 1 saturated carbocycles. The Bertz CT molecular complexity index is 1260. The monoisotopic (exact) mass is 490 g/mol. The molecule has 0 unspecified atom stereocenters. The summed E-state index contributed by atoms with van der Waals surface area (Å²) >= 11 is 11.8. The van der Waals surface area contributed by atoms with E-state index in [-0.39, 0.29) is 22.5 Å². The van der Waals surface area contributed by atoms with Gasteiger partial charge in [0.1, 0.15) is 11.2 Å². The lowest BCUT2D eigenvalue weighted by Crippen LogP contribution is -2.35. The number of aromatic nitrogens is 1. The molecule has 3 N–H and O–H groups in total. The molecule has 3 amide bonds. The summed E-state index contributed by atoms with van der Waals surface area (Å²) in [5.74, 6) is -2.29. The van der Waals surface area contributed by atoms with Gasteiger partial charge in [-0.25, -0.2) is 4.39 Å². The highest BCUT2D eigenvalue weighted by molar-refractivity contribution is 6.42. The Kier molecular flexibility index (Phi) is 6.09. The summed E-state index contributed by atoms with van der Waals surface area (Å²) in [5, 5.41) is 8.28. The van der Waals surface area contributed by atoms with Crippen LogP contribution in [0.25, 0.3) is 0 Å². The maximum Gasteiger partial charge on any atom is 0.302 e. The molecule has 0 aliphatic heterocycles. The van der Waals surface area contributed by atoms with Gasteiger partial charge in [0.2, 0.25) is 17.6 Å². The standard InChI is InChI=1S/C22H17Cl2FN4O4/c1-11-17(18(30)27-14-6-7-15(23)16(24)10-14)33-21(26-11)29-20(32)22(8-9-22)19(31)28-13-4-2-12(25)3-5-13/h2-7,10H,8-9H2,1H3,(H,27,30)(H,28,31)(H,26,29,32). The number of oxazole rings is 1. The van der Waals surface area contributed by atoms with Crippen molar-refractivity contribution in [3.8, 4) is 0 Å². The number of carbonyl (C=O) groups is 3. The average molecular weight is 491 g/mol. The second-order valence-corrected chi connectivity index (χ2v) is 8.33. The molecule has 0 bridgehead atoms. The summed E-state index contributed by atoms with van der Waals surface area (Å²) < 4.78 is 18.5. The maximum absolute atomic E-state index is 13.1. The first-order chi connectivity index (χ1) is 15.7. The van der Waals surface area contributed by atoms with Crippen LogP contribution in [-0.4, -0.2) is 22.7 Å². The molecule has 1 fully saturated rings. The van der Waals surface area contributed by atoms with Crippen molar-refractivity contribution in [2.45, 2.75) is 19.8 Å². The zero-order valence-electron chi connectivity index (χ0n) is 17.2. The van der Waals surface area contributed by atoms with Gasteiger partial charge in [0, 0.05) is 11.4 Å². The van der Waals surface area contributed by atoms with Crippen molar-refractivity contribution in [3.05, 3.63) is 69.8 Å². The van der Waals surface area contributed by atoms with Crippen molar-refractivity contribution in [2.24, 2.45) is 5.41 Å². The molecule has 1 heterocycles. The Morgan fingerprint density at radius 1 is 0.939 bits per heavy atom. The predicted molar refractivity (Wildman–Crippen MR) is 121 cm³/mol. The van der Waals surface area contributed by atoms with Gasteiger partial charge in [-0.05, 0) is 62.2 Å². The number of rotatable bonds is 6. The minimum absolute atomic E-state index is 0.114. The van der Waals surface area contributed by atoms with Crippen LogP contribution in [0.4, 0.5) is 21.8 Å². The molecule has 3 aromatic rings. The van der Waals surface area contributed by atoms with Crippen molar-refractivity contribution < 1.29 is 23.2 Å². The van der Waals surface area contributed by atoms with Crippen molar-refractivity contribution in [3.63, 3.8) is 0 Å². The van der Waals surface area contributed by atoms with E-state index < -0.39 is 29.0 Å². The Hall–Kier alpha value is -3.43. The molecule has 33 heavy (non-hydrogen) atoms. The van der Waals surface area contributed by atoms with Crippen LogP contribution in [-0.2, 0) is 9.59 Å². The van der Waals surface area contributed by atoms with Crippen LogP contribution in [0, 0.1) is 18.2 Å². The van der Waals surface area contributed by atoms with Gasteiger partial charge >= 0.3 is 6.01 Å². The third kappa shape index (κ3) is 4.84. The van der Waals surface area contributed by atoms with E-state index in [1.165, 1.54) is 43.3 Å². The van der Waals surface area contributed by atoms with E-state index in [2.05, 4.69) is 20.9 Å². The van der Waals surface area contributed by atoms with E-state index in [1.807, 2.05) is 0 Å². The average Bonchev–Trinajstić information content (AvgIpc) is 3.51. The number of amides is 3. The smallest absolute Gasteiger partial charge is 0.302 e. The molecular formula is C22H17Cl2FN4O4. The highest BCUT2D eigenvalue weighted by Crippen LogP contribution is 2.47. The summed E-state index contributed by atoms with van der Waals surface area (Å²) in [4.78, 5) is 42.0. The summed E-state index contributed by atoms with van der Waals surface area (Å²) in [5.41, 5.74) is -0.290. The minimum Gasteiger partial charge on any atom is -0.418 e. The summed E-state index contributed by atoms with van der Waals surface area (Å²) in [7, 11) is 0. The van der Waals surface area contributed by atoms with Crippen molar-refractivity contribution >= 4 is 58.3 Å². The Morgan fingerprint density at radius 2 is 1.58 bits per heavy atom. The maximum atomic E-state index is 13.1. The van der Waals surface area contributed by atoms with Gasteiger partial charge in [-0.1, -0.05) is 23.2 Å². The van der Waals surface area contributed by atoms with Gasteiger partial charge in [-0.15, -0.1) is 0 Å². The van der Waals surface area contributed by atoms with Gasteiger partial charge in [-0.2, -0.15) is 4.98 Å². The lowest BCUT2D eigenvalue weighted by molar-refractivity contribution is -0.131. The number of nitrogens with one attached hydrogen (secondary N) is 3. The van der Waals surface area contributed by atoms with Crippen LogP contribution in [0.3, 0.4) is 0 Å². The fourth-order valence-corrected chi connectivity index (χ4v) is 3.40. The van der Waals surface area contributed by atoms with Crippen LogP contribution in [0.5, 0.6) is 0 Å². The summed E-state index contributed by atoms with van der Waals surface area (Å²) in [6.07, 6.45) is 0.659. The first-order valence-electron chi connectivity index (χ1n) is 9.80. The highest BCUT2D eigenvalue weighted by Gasteiger charge is 2.57. The first-order valence-corrected chi connectivity index (χ1v) is 10.6. The Balaban J connectivity index is 1.42. The first kappa shape index (κ1) is 22.8. The highest BCUT2D eigenvalue weighted by atomic mass is 35.5. The second kappa shape index (κ2) is 8.84. The third-order valence-electron chi connectivity index (χ3n) is 5.12. The molecule has 0 radical (unpaired) electrons. The fourth-order valence-electron chi connectivity index (χ4n) is 3.11. The molecule has 0 atom stereocenters. The minimum atomic E-state index is -1.29. The number of nitrogens with zero attached hydrogens (tertiary/aromatic N) is 1. The van der Waals surface area contributed by atoms with Crippen LogP contribution in [0.1, 0.15) is 29.1 Å². The lowest BCUT2D eigenvalue weighted by Gasteiger charge is -2.14. The van der Waals surface area contributed by atoms with E-state index >= 15 is 0 Å². The number of benzene rings is 2. The van der Waals surface area contributed by atoms with Gasteiger partial charge in [-0.3, -0.25) is 19.7 Å². The van der Waals surface area contributed by atoms with Crippen molar-refractivity contribution in [2.75, 3.05) is 16.0 Å². The summed E-state index contributed by atoms with van der Waals surface area (Å²) in [6.45, 7) is 1.54. The van der Waals surface area contributed by atoms with Gasteiger partial charge in [0.05, 0.1) is 15.7 Å². The molecule has 11 heteroatoms. The second-order valence-electron chi connectivity index (χ2n) is 7.51. The zero-order chi connectivity index (χ0) is 23.8. The van der Waals surface area contributed by atoms with E-state index in [0.29, 0.717) is 29.2 Å². The van der Waals surface area contributed by atoms with E-state index in [0.717, 1.165) is 0 Å². The number of hydrogen-bond donors (Lipinski definition) is 3. The molecule has 1 aromatic heterocycles. The normalized spacial score (nSPS) is 13.8. The van der Waals surface area contributed by atoms with Crippen LogP contribution < -0.4 is 16.0 Å². The predicted octanol–water partition coefficient (Wildman–Crippen LogP) is 5.04. The molecule has 2 aromatic carbocycles. The number of hydrogen-bond acceptors (Lipinski definition) is 5. The van der Waals surface area contributed by atoms with Crippen molar-refractivity contribution in [1.82, 2.24) is 4.98 Å². The Labute approximate surface area is 197 Å². The van der Waals surface area contributed by atoms with Gasteiger partial charge < -0.3 is 15.1 Å². The zero-order valence-corrected chi connectivity index (χ0v) is 18.7. The summed E-state index contributed by atoms with van der Waals surface area (Å²) in [6, 6.07) is 9.58.